The van der Waals surface area contributed by atoms with Gasteiger partial charge in [0.1, 0.15) is 11.0 Å². The lowest BCUT2D eigenvalue weighted by Gasteiger charge is -2.08. The molecule has 1 unspecified atom stereocenters. The van der Waals surface area contributed by atoms with Crippen LogP contribution >= 0.6 is 23.2 Å². The Morgan fingerprint density at radius 2 is 2.35 bits per heavy atom. The second-order valence-corrected chi connectivity index (χ2v) is 4.68. The van der Waals surface area contributed by atoms with Crippen molar-refractivity contribution in [2.75, 3.05) is 18.4 Å². The van der Waals surface area contributed by atoms with E-state index in [0.29, 0.717) is 18.2 Å². The average molecular weight is 275 g/mol. The van der Waals surface area contributed by atoms with Gasteiger partial charge in [0.25, 0.3) is 0 Å². The van der Waals surface area contributed by atoms with E-state index in [9.17, 15) is 4.79 Å². The first-order valence-electron chi connectivity index (χ1n) is 5.34. The molecule has 0 spiro atoms. The van der Waals surface area contributed by atoms with Gasteiger partial charge in [-0.05, 0) is 37.0 Å². The highest BCUT2D eigenvalue weighted by atomic mass is 35.5. The molecule has 1 fully saturated rings. The summed E-state index contributed by atoms with van der Waals surface area (Å²) in [6.07, 6.45) is 1.50. The molecule has 1 saturated heterocycles. The Morgan fingerprint density at radius 1 is 1.53 bits per heavy atom. The van der Waals surface area contributed by atoms with E-state index < -0.39 is 0 Å². The first-order chi connectivity index (χ1) is 8.13. The van der Waals surface area contributed by atoms with Crippen molar-refractivity contribution in [1.29, 1.82) is 0 Å². The number of nitrogens with zero attached hydrogens (tertiary/aromatic N) is 2. The minimum absolute atomic E-state index is 0.0235. The van der Waals surface area contributed by atoms with Crippen LogP contribution in [0.2, 0.25) is 10.4 Å². The van der Waals surface area contributed by atoms with Gasteiger partial charge >= 0.3 is 0 Å². The summed E-state index contributed by atoms with van der Waals surface area (Å²) < 4.78 is 0. The van der Waals surface area contributed by atoms with Gasteiger partial charge in [0, 0.05) is 12.5 Å². The molecule has 2 heterocycles. The predicted molar refractivity (Wildman–Crippen MR) is 66.3 cm³/mol. The molecular weight excluding hydrogens is 263 g/mol. The lowest BCUT2D eigenvalue weighted by atomic mass is 10.0. The van der Waals surface area contributed by atoms with Crippen LogP contribution in [0.1, 0.15) is 12.8 Å². The summed E-state index contributed by atoms with van der Waals surface area (Å²) in [5.41, 5.74) is 0. The quantitative estimate of drug-likeness (QED) is 0.651. The zero-order valence-corrected chi connectivity index (χ0v) is 10.6. The van der Waals surface area contributed by atoms with Crippen molar-refractivity contribution in [2.45, 2.75) is 12.8 Å². The van der Waals surface area contributed by atoms with E-state index in [1.54, 1.807) is 0 Å². The van der Waals surface area contributed by atoms with Crippen molar-refractivity contribution < 1.29 is 4.79 Å². The number of anilines is 1. The van der Waals surface area contributed by atoms with Crippen LogP contribution in [0.4, 0.5) is 5.82 Å². The lowest BCUT2D eigenvalue weighted by molar-refractivity contribution is -0.117. The second-order valence-electron chi connectivity index (χ2n) is 3.96. The maximum absolute atomic E-state index is 11.7. The third-order valence-electron chi connectivity index (χ3n) is 2.57. The molecule has 1 aliphatic rings. The molecule has 17 heavy (non-hydrogen) atoms. The monoisotopic (exact) mass is 274 g/mol. The van der Waals surface area contributed by atoms with Gasteiger partial charge in [-0.3, -0.25) is 4.79 Å². The predicted octanol–water partition coefficient (Wildman–Crippen LogP) is 1.72. The van der Waals surface area contributed by atoms with E-state index in [1.807, 2.05) is 0 Å². The fraction of sp³-hybridized carbons (Fsp3) is 0.500. The van der Waals surface area contributed by atoms with Crippen LogP contribution in [0.3, 0.4) is 0 Å². The van der Waals surface area contributed by atoms with Crippen LogP contribution in [0.25, 0.3) is 0 Å². The number of nitrogens with one attached hydrogen (secondary N) is 2. The van der Waals surface area contributed by atoms with Crippen molar-refractivity contribution in [2.24, 2.45) is 5.92 Å². The highest BCUT2D eigenvalue weighted by Gasteiger charge is 2.18. The number of carbonyl (C=O) groups is 1. The molecular formula is C10H12Cl2N4O. The van der Waals surface area contributed by atoms with Crippen molar-refractivity contribution in [3.05, 3.63) is 16.5 Å². The maximum Gasteiger partial charge on any atom is 0.225 e. The minimum Gasteiger partial charge on any atom is -0.316 e. The van der Waals surface area contributed by atoms with Gasteiger partial charge in [0.05, 0.1) is 0 Å². The molecule has 1 atom stereocenters. The van der Waals surface area contributed by atoms with Gasteiger partial charge in [-0.25, -0.2) is 9.97 Å². The summed E-state index contributed by atoms with van der Waals surface area (Å²) in [7, 11) is 0. The van der Waals surface area contributed by atoms with Crippen LogP contribution in [0.15, 0.2) is 6.07 Å². The summed E-state index contributed by atoms with van der Waals surface area (Å²) in [4.78, 5) is 19.3. The van der Waals surface area contributed by atoms with Crippen molar-refractivity contribution >= 4 is 34.9 Å². The smallest absolute Gasteiger partial charge is 0.225 e. The van der Waals surface area contributed by atoms with Gasteiger partial charge in [-0.15, -0.1) is 0 Å². The zero-order valence-electron chi connectivity index (χ0n) is 9.04. The molecule has 1 aromatic rings. The molecule has 1 aliphatic heterocycles. The molecule has 0 bridgehead atoms. The molecule has 0 aliphatic carbocycles. The highest BCUT2D eigenvalue weighted by Crippen LogP contribution is 2.16. The number of carbonyl (C=O) groups excluding carboxylic acids is 1. The molecule has 0 aromatic carbocycles. The average Bonchev–Trinajstić information content (AvgIpc) is 2.67. The van der Waals surface area contributed by atoms with Gasteiger partial charge in [-0.1, -0.05) is 11.6 Å². The molecule has 5 nitrogen and oxygen atoms in total. The molecule has 0 radical (unpaired) electrons. The summed E-state index contributed by atoms with van der Waals surface area (Å²) in [5, 5.41) is 6.11. The molecule has 2 rings (SSSR count). The number of amides is 1. The number of hydrogen-bond donors (Lipinski definition) is 2. The van der Waals surface area contributed by atoms with Gasteiger partial charge in [-0.2, -0.15) is 0 Å². The third-order valence-corrected chi connectivity index (χ3v) is 2.93. The Kier molecular flexibility index (Phi) is 4.15. The van der Waals surface area contributed by atoms with E-state index in [2.05, 4.69) is 20.6 Å². The number of aromatic nitrogens is 2. The zero-order chi connectivity index (χ0) is 12.3. The fourth-order valence-electron chi connectivity index (χ4n) is 1.80. The summed E-state index contributed by atoms with van der Waals surface area (Å²) >= 11 is 11.3. The molecule has 2 N–H and O–H groups in total. The Morgan fingerprint density at radius 3 is 3.00 bits per heavy atom. The van der Waals surface area contributed by atoms with Crippen molar-refractivity contribution in [3.63, 3.8) is 0 Å². The van der Waals surface area contributed by atoms with Crippen molar-refractivity contribution in [3.8, 4) is 0 Å². The lowest BCUT2D eigenvalue weighted by Crippen LogP contribution is -2.19. The molecule has 1 aromatic heterocycles. The highest BCUT2D eigenvalue weighted by molar-refractivity contribution is 6.32. The fourth-order valence-corrected chi connectivity index (χ4v) is 2.21. The van der Waals surface area contributed by atoms with E-state index in [4.69, 9.17) is 23.2 Å². The topological polar surface area (TPSA) is 66.9 Å². The van der Waals surface area contributed by atoms with Crippen LogP contribution in [0, 0.1) is 5.92 Å². The standard InChI is InChI=1S/C10H12Cl2N4O/c11-7-4-8(16-10(12)14-7)15-9(17)3-6-1-2-13-5-6/h4,6,13H,1-3,5H2,(H,14,15,16,17). The molecule has 1 amide bonds. The Balaban J connectivity index is 1.92. The Hall–Kier alpha value is -0.910. The van der Waals surface area contributed by atoms with E-state index in [0.717, 1.165) is 19.5 Å². The molecule has 7 heteroatoms. The summed E-state index contributed by atoms with van der Waals surface area (Å²) in [6, 6.07) is 1.47. The largest absolute Gasteiger partial charge is 0.316 e. The second kappa shape index (κ2) is 5.62. The van der Waals surface area contributed by atoms with Gasteiger partial charge in [0.2, 0.25) is 11.2 Å². The van der Waals surface area contributed by atoms with E-state index in [-0.39, 0.29) is 16.3 Å². The number of halogens is 2. The van der Waals surface area contributed by atoms with E-state index >= 15 is 0 Å². The minimum atomic E-state index is -0.0791. The first kappa shape index (κ1) is 12.5. The van der Waals surface area contributed by atoms with Crippen LogP contribution < -0.4 is 10.6 Å². The summed E-state index contributed by atoms with van der Waals surface area (Å²) in [5.74, 6) is 0.651. The number of hydrogen-bond acceptors (Lipinski definition) is 4. The Bertz CT molecular complexity index is 401. The van der Waals surface area contributed by atoms with Crippen molar-refractivity contribution in [1.82, 2.24) is 15.3 Å². The van der Waals surface area contributed by atoms with Gasteiger partial charge < -0.3 is 10.6 Å². The van der Waals surface area contributed by atoms with E-state index in [1.165, 1.54) is 6.07 Å². The SMILES string of the molecule is O=C(CC1CCNC1)Nc1cc(Cl)nc(Cl)n1. The van der Waals surface area contributed by atoms with Gasteiger partial charge in [0.15, 0.2) is 0 Å². The maximum atomic E-state index is 11.7. The summed E-state index contributed by atoms with van der Waals surface area (Å²) in [6.45, 7) is 1.86. The Labute approximate surface area is 109 Å². The molecule has 92 valence electrons. The van der Waals surface area contributed by atoms with Crippen LogP contribution in [0.5, 0.6) is 0 Å². The van der Waals surface area contributed by atoms with Crippen LogP contribution in [-0.2, 0) is 4.79 Å². The first-order valence-corrected chi connectivity index (χ1v) is 6.10. The third kappa shape index (κ3) is 3.80. The van der Waals surface area contributed by atoms with Crippen LogP contribution in [-0.4, -0.2) is 29.0 Å². The normalized spacial score (nSPS) is 19.3. The molecule has 0 saturated carbocycles. The number of rotatable bonds is 3.